The Hall–Kier alpha value is -3.35. The number of non-ortho nitro benzene ring substituents is 1. The molecule has 1 aliphatic heterocycles. The van der Waals surface area contributed by atoms with Crippen LogP contribution in [0, 0.1) is 30.3 Å². The fourth-order valence-electron chi connectivity index (χ4n) is 1.87. The number of nitro benzene ring substituents is 3. The quantitative estimate of drug-likeness (QED) is 0.521. The number of nitrogens with zero attached hydrogens (tertiary/aromatic N) is 3. The summed E-state index contributed by atoms with van der Waals surface area (Å²) in [4.78, 5) is 37.9. The van der Waals surface area contributed by atoms with E-state index in [1.807, 2.05) is 0 Å². The SMILES string of the molecule is O=C(O)C1CCCN1.O=[N+]([O-])c1cc([N+](=O)[O-])c(O)c([N+](=O)[O-])c1. The Labute approximate surface area is 133 Å². The summed E-state index contributed by atoms with van der Waals surface area (Å²) >= 11 is 0. The molecular weight excluding hydrogens is 332 g/mol. The Morgan fingerprint density at radius 1 is 1.08 bits per heavy atom. The first-order valence-electron chi connectivity index (χ1n) is 6.41. The molecule has 0 bridgehead atoms. The van der Waals surface area contributed by atoms with Crippen molar-refractivity contribution in [2.75, 3.05) is 6.54 Å². The van der Waals surface area contributed by atoms with E-state index in [0.717, 1.165) is 19.4 Å². The average molecular weight is 344 g/mol. The molecule has 0 radical (unpaired) electrons. The second kappa shape index (κ2) is 7.77. The number of carboxylic acid groups (broad SMARTS) is 1. The lowest BCUT2D eigenvalue weighted by atomic mass is 10.2. The first-order valence-corrected chi connectivity index (χ1v) is 6.41. The molecule has 0 aromatic heterocycles. The zero-order chi connectivity index (χ0) is 18.4. The molecule has 1 heterocycles. The number of benzene rings is 1. The third kappa shape index (κ3) is 4.57. The molecule has 0 spiro atoms. The number of phenols is 1. The second-order valence-electron chi connectivity index (χ2n) is 4.59. The maximum absolute atomic E-state index is 10.4. The number of carbonyl (C=O) groups is 1. The van der Waals surface area contributed by atoms with Crippen LogP contribution in [0.2, 0.25) is 0 Å². The second-order valence-corrected chi connectivity index (χ2v) is 4.59. The van der Waals surface area contributed by atoms with Gasteiger partial charge in [-0.3, -0.25) is 35.1 Å². The van der Waals surface area contributed by atoms with Gasteiger partial charge in [-0.2, -0.15) is 0 Å². The Bertz CT molecular complexity index is 649. The monoisotopic (exact) mass is 344 g/mol. The third-order valence-corrected chi connectivity index (χ3v) is 3.02. The number of phenolic OH excluding ortho intramolecular Hbond substituents is 1. The van der Waals surface area contributed by atoms with Crippen LogP contribution >= 0.6 is 0 Å². The summed E-state index contributed by atoms with van der Waals surface area (Å²) in [5.74, 6) is -1.93. The molecule has 0 aliphatic carbocycles. The Balaban J connectivity index is 0.000000300. The maximum Gasteiger partial charge on any atom is 0.324 e. The van der Waals surface area contributed by atoms with Crippen molar-refractivity contribution in [1.82, 2.24) is 5.32 Å². The summed E-state index contributed by atoms with van der Waals surface area (Å²) in [6, 6.07) is 0.625. The molecule has 130 valence electrons. The Kier molecular flexibility index (Phi) is 6.06. The number of hydrogen-bond donors (Lipinski definition) is 3. The van der Waals surface area contributed by atoms with E-state index in [1.54, 1.807) is 0 Å². The highest BCUT2D eigenvalue weighted by Gasteiger charge is 2.30. The molecule has 13 nitrogen and oxygen atoms in total. The third-order valence-electron chi connectivity index (χ3n) is 3.02. The summed E-state index contributed by atoms with van der Waals surface area (Å²) in [5.41, 5.74) is -3.00. The number of nitro groups is 3. The van der Waals surface area contributed by atoms with Crippen LogP contribution in [-0.2, 0) is 4.79 Å². The van der Waals surface area contributed by atoms with Crippen LogP contribution in [0.25, 0.3) is 0 Å². The highest BCUT2D eigenvalue weighted by atomic mass is 16.6. The first kappa shape index (κ1) is 18.7. The van der Waals surface area contributed by atoms with E-state index in [0.29, 0.717) is 12.1 Å². The molecular formula is C11H12N4O9. The molecule has 13 heteroatoms. The smallest absolute Gasteiger partial charge is 0.324 e. The van der Waals surface area contributed by atoms with Crippen molar-refractivity contribution < 1.29 is 29.8 Å². The van der Waals surface area contributed by atoms with Gasteiger partial charge in [0.1, 0.15) is 6.04 Å². The lowest BCUT2D eigenvalue weighted by Gasteiger charge is -1.99. The van der Waals surface area contributed by atoms with Crippen LogP contribution in [0.1, 0.15) is 12.8 Å². The number of carboxylic acids is 1. The van der Waals surface area contributed by atoms with Crippen molar-refractivity contribution in [3.05, 3.63) is 42.5 Å². The molecule has 0 saturated carbocycles. The summed E-state index contributed by atoms with van der Waals surface area (Å²) in [6.07, 6.45) is 1.78. The van der Waals surface area contributed by atoms with Gasteiger partial charge in [-0.25, -0.2) is 0 Å². The lowest BCUT2D eigenvalue weighted by Crippen LogP contribution is -2.29. The largest absolute Gasteiger partial charge is 0.497 e. The van der Waals surface area contributed by atoms with Gasteiger partial charge >= 0.3 is 17.3 Å². The average Bonchev–Trinajstić information content (AvgIpc) is 3.01. The minimum Gasteiger partial charge on any atom is -0.497 e. The number of nitrogens with one attached hydrogen (secondary N) is 1. The molecule has 24 heavy (non-hydrogen) atoms. The van der Waals surface area contributed by atoms with Crippen molar-refractivity contribution in [1.29, 1.82) is 0 Å². The van der Waals surface area contributed by atoms with Crippen LogP contribution in [0.15, 0.2) is 12.1 Å². The van der Waals surface area contributed by atoms with Gasteiger partial charge < -0.3 is 15.5 Å². The predicted molar refractivity (Wildman–Crippen MR) is 76.7 cm³/mol. The topological polar surface area (TPSA) is 199 Å². The molecule has 1 unspecified atom stereocenters. The molecule has 1 saturated heterocycles. The molecule has 0 amide bonds. The van der Waals surface area contributed by atoms with E-state index in [4.69, 9.17) is 10.2 Å². The van der Waals surface area contributed by atoms with Crippen LogP contribution < -0.4 is 5.32 Å². The van der Waals surface area contributed by atoms with Crippen molar-refractivity contribution >= 4 is 23.0 Å². The fourth-order valence-corrected chi connectivity index (χ4v) is 1.87. The number of aliphatic carboxylic acids is 1. The van der Waals surface area contributed by atoms with Crippen molar-refractivity contribution in [2.45, 2.75) is 18.9 Å². The minimum atomic E-state index is -1.21. The molecule has 2 rings (SSSR count). The van der Waals surface area contributed by atoms with Gasteiger partial charge in [-0.05, 0) is 19.4 Å². The predicted octanol–water partition coefficient (Wildman–Crippen LogP) is 0.940. The summed E-state index contributed by atoms with van der Waals surface area (Å²) in [6.45, 7) is 0.858. The van der Waals surface area contributed by atoms with E-state index in [9.17, 15) is 35.1 Å². The number of aromatic hydroxyl groups is 1. The lowest BCUT2D eigenvalue weighted by molar-refractivity contribution is -0.404. The van der Waals surface area contributed by atoms with Gasteiger partial charge in [0.2, 0.25) is 0 Å². The minimum absolute atomic E-state index is 0.269. The van der Waals surface area contributed by atoms with Crippen LogP contribution in [0.5, 0.6) is 5.75 Å². The highest BCUT2D eigenvalue weighted by molar-refractivity contribution is 5.73. The molecule has 1 fully saturated rings. The summed E-state index contributed by atoms with van der Waals surface area (Å²) < 4.78 is 0. The number of rotatable bonds is 4. The molecule has 1 aliphatic rings. The standard InChI is InChI=1S/C6H3N3O7.C5H9NO2/c10-6-4(8(13)14)1-3(7(11)12)2-5(6)9(15)16;7-5(8)4-2-1-3-6-4/h1-2,10H;4,6H,1-3H2,(H,7,8). The molecule has 1 aromatic carbocycles. The van der Waals surface area contributed by atoms with Gasteiger partial charge in [0, 0.05) is 0 Å². The maximum atomic E-state index is 10.4. The zero-order valence-corrected chi connectivity index (χ0v) is 11.9. The summed E-state index contributed by atoms with van der Waals surface area (Å²) in [5, 5.41) is 51.4. The van der Waals surface area contributed by atoms with E-state index >= 15 is 0 Å². The molecule has 1 aromatic rings. The number of hydrogen-bond acceptors (Lipinski definition) is 9. The van der Waals surface area contributed by atoms with Crippen LogP contribution in [0.4, 0.5) is 17.1 Å². The van der Waals surface area contributed by atoms with Crippen molar-refractivity contribution in [3.63, 3.8) is 0 Å². The van der Waals surface area contributed by atoms with E-state index < -0.39 is 43.6 Å². The normalized spacial score (nSPS) is 15.9. The Morgan fingerprint density at radius 2 is 1.58 bits per heavy atom. The first-order chi connectivity index (χ1) is 11.1. The fraction of sp³-hybridized carbons (Fsp3) is 0.364. The van der Waals surface area contributed by atoms with Gasteiger partial charge in [0.25, 0.3) is 11.4 Å². The van der Waals surface area contributed by atoms with Crippen molar-refractivity contribution in [2.24, 2.45) is 0 Å². The van der Waals surface area contributed by atoms with Crippen LogP contribution in [0.3, 0.4) is 0 Å². The van der Waals surface area contributed by atoms with E-state index in [1.165, 1.54) is 0 Å². The zero-order valence-electron chi connectivity index (χ0n) is 11.9. The molecule has 3 N–H and O–H groups in total. The summed E-state index contributed by atoms with van der Waals surface area (Å²) in [7, 11) is 0. The highest BCUT2D eigenvalue weighted by Crippen LogP contribution is 2.38. The van der Waals surface area contributed by atoms with E-state index in [-0.39, 0.29) is 6.04 Å². The Morgan fingerprint density at radius 3 is 1.83 bits per heavy atom. The van der Waals surface area contributed by atoms with Gasteiger partial charge in [0.15, 0.2) is 0 Å². The van der Waals surface area contributed by atoms with E-state index in [2.05, 4.69) is 5.32 Å². The molecule has 1 atom stereocenters. The van der Waals surface area contributed by atoms with Crippen molar-refractivity contribution in [3.8, 4) is 5.75 Å². The van der Waals surface area contributed by atoms with Gasteiger partial charge in [-0.15, -0.1) is 0 Å². The van der Waals surface area contributed by atoms with Gasteiger partial charge in [-0.1, -0.05) is 0 Å². The van der Waals surface area contributed by atoms with Crippen LogP contribution in [-0.4, -0.2) is 43.5 Å². The van der Waals surface area contributed by atoms with Gasteiger partial charge in [0.05, 0.1) is 26.9 Å².